The summed E-state index contributed by atoms with van der Waals surface area (Å²) in [6.45, 7) is 0.369. The van der Waals surface area contributed by atoms with E-state index in [0.717, 1.165) is 5.56 Å². The molecule has 0 bridgehead atoms. The molecule has 1 aromatic rings. The molecule has 5 nitrogen and oxygen atoms in total. The van der Waals surface area contributed by atoms with E-state index in [-0.39, 0.29) is 0 Å². The van der Waals surface area contributed by atoms with E-state index in [2.05, 4.69) is 4.98 Å². The number of nitriles is 1. The molecule has 1 heterocycles. The topological polar surface area (TPSA) is 74.1 Å². The minimum Gasteiger partial charge on any atom is -0.265 e. The Hall–Kier alpha value is -1.45. The SMILES string of the molecule is CN(CCc1ccncc1)S(=O)(=O)CC#N. The molecule has 0 atom stereocenters. The highest BCUT2D eigenvalue weighted by atomic mass is 32.2. The number of hydrogen-bond donors (Lipinski definition) is 0. The first-order valence-electron chi connectivity index (χ1n) is 4.76. The lowest BCUT2D eigenvalue weighted by Gasteiger charge is -2.14. The number of likely N-dealkylation sites (N-methyl/N-ethyl adjacent to an activating group) is 1. The second-order valence-electron chi connectivity index (χ2n) is 3.34. The summed E-state index contributed by atoms with van der Waals surface area (Å²) in [5, 5.41) is 8.37. The highest BCUT2D eigenvalue weighted by molar-refractivity contribution is 7.89. The van der Waals surface area contributed by atoms with Gasteiger partial charge in [0.25, 0.3) is 0 Å². The first-order valence-corrected chi connectivity index (χ1v) is 6.37. The van der Waals surface area contributed by atoms with Gasteiger partial charge in [-0.2, -0.15) is 5.26 Å². The molecule has 16 heavy (non-hydrogen) atoms. The molecule has 0 aromatic carbocycles. The van der Waals surface area contributed by atoms with Crippen LogP contribution in [0, 0.1) is 11.3 Å². The van der Waals surface area contributed by atoms with Crippen LogP contribution in [0.15, 0.2) is 24.5 Å². The maximum Gasteiger partial charge on any atom is 0.227 e. The second kappa shape index (κ2) is 5.58. The fourth-order valence-electron chi connectivity index (χ4n) is 1.17. The molecule has 0 radical (unpaired) electrons. The molecule has 0 saturated heterocycles. The number of sulfonamides is 1. The Kier molecular flexibility index (Phi) is 4.40. The van der Waals surface area contributed by atoms with Crippen LogP contribution in [0.1, 0.15) is 5.56 Å². The van der Waals surface area contributed by atoms with Crippen molar-refractivity contribution in [3.8, 4) is 6.07 Å². The van der Waals surface area contributed by atoms with E-state index in [4.69, 9.17) is 5.26 Å². The van der Waals surface area contributed by atoms with E-state index in [0.29, 0.717) is 13.0 Å². The van der Waals surface area contributed by atoms with Crippen molar-refractivity contribution in [1.29, 1.82) is 5.26 Å². The summed E-state index contributed by atoms with van der Waals surface area (Å²) in [5.74, 6) is -0.472. The number of hydrogen-bond acceptors (Lipinski definition) is 4. The van der Waals surface area contributed by atoms with Gasteiger partial charge < -0.3 is 0 Å². The van der Waals surface area contributed by atoms with Crippen LogP contribution in [0.3, 0.4) is 0 Å². The van der Waals surface area contributed by atoms with Crippen LogP contribution in [0.5, 0.6) is 0 Å². The summed E-state index contributed by atoms with van der Waals surface area (Å²) in [6, 6.07) is 5.32. The molecule has 86 valence electrons. The highest BCUT2D eigenvalue weighted by Crippen LogP contribution is 2.02. The van der Waals surface area contributed by atoms with Crippen molar-refractivity contribution in [2.45, 2.75) is 6.42 Å². The molecule has 0 spiro atoms. The standard InChI is InChI=1S/C10H13N3O2S/c1-13(16(14,15)9-5-11)8-4-10-2-6-12-7-3-10/h2-3,6-7H,4,8-9H2,1H3. The van der Waals surface area contributed by atoms with Gasteiger partial charge in [-0.05, 0) is 24.1 Å². The zero-order chi connectivity index (χ0) is 12.0. The van der Waals surface area contributed by atoms with Crippen molar-refractivity contribution < 1.29 is 8.42 Å². The summed E-state index contributed by atoms with van der Waals surface area (Å²) >= 11 is 0. The lowest BCUT2D eigenvalue weighted by atomic mass is 10.2. The summed E-state index contributed by atoms with van der Waals surface area (Å²) < 4.78 is 24.1. The summed E-state index contributed by atoms with van der Waals surface area (Å²) in [4.78, 5) is 3.88. The van der Waals surface area contributed by atoms with E-state index in [9.17, 15) is 8.42 Å². The molecule has 1 aromatic heterocycles. The van der Waals surface area contributed by atoms with Crippen molar-refractivity contribution in [2.24, 2.45) is 0 Å². The number of nitrogens with zero attached hydrogens (tertiary/aromatic N) is 3. The maximum atomic E-state index is 11.4. The molecular formula is C10H13N3O2S. The highest BCUT2D eigenvalue weighted by Gasteiger charge is 2.16. The average Bonchev–Trinajstić information content (AvgIpc) is 2.27. The lowest BCUT2D eigenvalue weighted by Crippen LogP contribution is -2.30. The van der Waals surface area contributed by atoms with Gasteiger partial charge >= 0.3 is 0 Å². The van der Waals surface area contributed by atoms with Crippen molar-refractivity contribution in [3.05, 3.63) is 30.1 Å². The van der Waals surface area contributed by atoms with Crippen LogP contribution >= 0.6 is 0 Å². The quantitative estimate of drug-likeness (QED) is 0.746. The molecule has 0 N–H and O–H groups in total. The Morgan fingerprint density at radius 1 is 1.44 bits per heavy atom. The molecule has 0 fully saturated rings. The van der Waals surface area contributed by atoms with Crippen molar-refractivity contribution in [1.82, 2.24) is 9.29 Å². The molecule has 6 heteroatoms. The minimum atomic E-state index is -3.42. The lowest BCUT2D eigenvalue weighted by molar-refractivity contribution is 0.475. The van der Waals surface area contributed by atoms with Crippen LogP contribution in [-0.4, -0.2) is 37.1 Å². The zero-order valence-electron chi connectivity index (χ0n) is 9.00. The van der Waals surface area contributed by atoms with Gasteiger partial charge in [-0.15, -0.1) is 0 Å². The van der Waals surface area contributed by atoms with E-state index in [1.54, 1.807) is 18.5 Å². The maximum absolute atomic E-state index is 11.4. The summed E-state index contributed by atoms with van der Waals surface area (Å²) in [5.41, 5.74) is 1.02. The number of aromatic nitrogens is 1. The number of pyridine rings is 1. The first kappa shape index (κ1) is 12.6. The molecule has 0 aliphatic heterocycles. The van der Waals surface area contributed by atoms with E-state index in [1.807, 2.05) is 12.1 Å². The molecule has 0 unspecified atom stereocenters. The second-order valence-corrected chi connectivity index (χ2v) is 5.42. The smallest absolute Gasteiger partial charge is 0.227 e. The van der Waals surface area contributed by atoms with Gasteiger partial charge in [0.05, 0.1) is 6.07 Å². The van der Waals surface area contributed by atoms with Crippen molar-refractivity contribution in [2.75, 3.05) is 19.3 Å². The monoisotopic (exact) mass is 239 g/mol. The molecule has 0 aliphatic rings. The minimum absolute atomic E-state index is 0.369. The van der Waals surface area contributed by atoms with E-state index in [1.165, 1.54) is 11.4 Å². The Labute approximate surface area is 95.4 Å². The van der Waals surface area contributed by atoms with Gasteiger partial charge in [-0.1, -0.05) is 0 Å². The molecule has 0 aliphatic carbocycles. The molecule has 1 rings (SSSR count). The Morgan fingerprint density at radius 2 is 2.06 bits per heavy atom. The largest absolute Gasteiger partial charge is 0.265 e. The van der Waals surface area contributed by atoms with Crippen molar-refractivity contribution >= 4 is 10.0 Å². The van der Waals surface area contributed by atoms with E-state index >= 15 is 0 Å². The predicted octanol–water partition coefficient (Wildman–Crippen LogP) is 0.409. The van der Waals surface area contributed by atoms with Crippen molar-refractivity contribution in [3.63, 3.8) is 0 Å². The van der Waals surface area contributed by atoms with Crippen LogP contribution in [0.4, 0.5) is 0 Å². The first-order chi connectivity index (χ1) is 7.56. The van der Waals surface area contributed by atoms with Gasteiger partial charge in [0.2, 0.25) is 10.0 Å². The summed E-state index contributed by atoms with van der Waals surface area (Å²) in [6.07, 6.45) is 3.95. The normalized spacial score (nSPS) is 11.3. The Bertz CT molecular complexity index is 465. The summed E-state index contributed by atoms with van der Waals surface area (Å²) in [7, 11) is -1.94. The third kappa shape index (κ3) is 3.61. The van der Waals surface area contributed by atoms with Gasteiger partial charge in [0.15, 0.2) is 5.75 Å². The zero-order valence-corrected chi connectivity index (χ0v) is 9.81. The fraction of sp³-hybridized carbons (Fsp3) is 0.400. The van der Waals surface area contributed by atoms with Gasteiger partial charge in [0, 0.05) is 26.0 Å². The molecule has 0 amide bonds. The molecular weight excluding hydrogens is 226 g/mol. The van der Waals surface area contributed by atoms with Crippen LogP contribution in [0.25, 0.3) is 0 Å². The Morgan fingerprint density at radius 3 is 2.62 bits per heavy atom. The third-order valence-corrected chi connectivity index (χ3v) is 3.81. The van der Waals surface area contributed by atoms with Gasteiger partial charge in [0.1, 0.15) is 0 Å². The Balaban J connectivity index is 2.54. The predicted molar refractivity (Wildman–Crippen MR) is 60.0 cm³/mol. The molecule has 0 saturated carbocycles. The van der Waals surface area contributed by atoms with Crippen LogP contribution in [-0.2, 0) is 16.4 Å². The van der Waals surface area contributed by atoms with Gasteiger partial charge in [-0.25, -0.2) is 12.7 Å². The number of rotatable bonds is 5. The fourth-order valence-corrected chi connectivity index (χ4v) is 1.92. The van der Waals surface area contributed by atoms with E-state index < -0.39 is 15.8 Å². The van der Waals surface area contributed by atoms with Gasteiger partial charge in [-0.3, -0.25) is 4.98 Å². The average molecular weight is 239 g/mol. The van der Waals surface area contributed by atoms with Crippen LogP contribution < -0.4 is 0 Å². The third-order valence-electron chi connectivity index (χ3n) is 2.19. The van der Waals surface area contributed by atoms with Crippen LogP contribution in [0.2, 0.25) is 0 Å².